The Morgan fingerprint density at radius 2 is 2.45 bits per heavy atom. The highest BCUT2D eigenvalue weighted by atomic mass is 32.2. The Morgan fingerprint density at radius 3 is 2.82 bits per heavy atom. The summed E-state index contributed by atoms with van der Waals surface area (Å²) >= 11 is -1.92. The van der Waals surface area contributed by atoms with Crippen molar-refractivity contribution in [2.45, 2.75) is 6.04 Å². The van der Waals surface area contributed by atoms with Crippen LogP contribution in [0.3, 0.4) is 0 Å². The van der Waals surface area contributed by atoms with Crippen molar-refractivity contribution < 1.29 is 18.3 Å². The topological polar surface area (TPSA) is 75.6 Å². The molecule has 2 N–H and O–H groups in total. The molecule has 66 valence electrons. The molecule has 0 radical (unpaired) electrons. The van der Waals surface area contributed by atoms with Gasteiger partial charge in [-0.1, -0.05) is 0 Å². The summed E-state index contributed by atoms with van der Waals surface area (Å²) in [6.07, 6.45) is 0.635. The summed E-state index contributed by atoms with van der Waals surface area (Å²) in [5.74, 6) is -0.118. The van der Waals surface area contributed by atoms with Crippen molar-refractivity contribution in [1.82, 2.24) is 5.32 Å². The maximum absolute atomic E-state index is 10.2. The van der Waals surface area contributed by atoms with Gasteiger partial charge in [-0.2, -0.15) is 0 Å². The van der Waals surface area contributed by atoms with Gasteiger partial charge in [-0.05, 0) is 0 Å². The maximum atomic E-state index is 10.2. The largest absolute Gasteiger partial charge is 0.383 e. The second kappa shape index (κ2) is 6.41. The first-order valence-corrected chi connectivity index (χ1v) is 4.23. The van der Waals surface area contributed by atoms with Gasteiger partial charge >= 0.3 is 0 Å². The first-order valence-electron chi connectivity index (χ1n) is 2.95. The summed E-state index contributed by atoms with van der Waals surface area (Å²) in [6, 6.07) is -0.504. The number of carbonyl (C=O) groups excluding carboxylic acids is 1. The van der Waals surface area contributed by atoms with E-state index in [9.17, 15) is 9.00 Å². The molecule has 0 spiro atoms. The minimum Gasteiger partial charge on any atom is -0.383 e. The molecule has 0 heterocycles. The minimum atomic E-state index is -1.92. The van der Waals surface area contributed by atoms with Crippen molar-refractivity contribution in [3.63, 3.8) is 0 Å². The predicted octanol–water partition coefficient (Wildman–Crippen LogP) is -1.03. The quantitative estimate of drug-likeness (QED) is 0.405. The highest BCUT2D eigenvalue weighted by molar-refractivity contribution is 7.79. The smallest absolute Gasteiger partial charge is 0.167 e. The van der Waals surface area contributed by atoms with E-state index < -0.39 is 17.1 Å². The van der Waals surface area contributed by atoms with Gasteiger partial charge in [0.05, 0.1) is 18.5 Å². The molecule has 0 saturated heterocycles. The third-order valence-electron chi connectivity index (χ3n) is 0.979. The fourth-order valence-corrected chi connectivity index (χ4v) is 0.861. The van der Waals surface area contributed by atoms with Gasteiger partial charge in [0, 0.05) is 7.11 Å². The molecule has 0 amide bonds. The van der Waals surface area contributed by atoms with Gasteiger partial charge in [0.25, 0.3) is 0 Å². The van der Waals surface area contributed by atoms with E-state index in [0.29, 0.717) is 6.29 Å². The van der Waals surface area contributed by atoms with Gasteiger partial charge in [0.15, 0.2) is 11.1 Å². The molecule has 0 aliphatic rings. The molecule has 0 bridgehead atoms. The van der Waals surface area contributed by atoms with E-state index >= 15 is 0 Å². The molecule has 0 fully saturated rings. The van der Waals surface area contributed by atoms with E-state index in [2.05, 4.69) is 10.1 Å². The molecular formula is C5H11NO4S. The van der Waals surface area contributed by atoms with E-state index in [-0.39, 0.29) is 12.5 Å². The average molecular weight is 181 g/mol. The summed E-state index contributed by atoms with van der Waals surface area (Å²) < 4.78 is 23.1. The number of hydrogen-bond donors (Lipinski definition) is 2. The Bertz CT molecular complexity index is 140. The number of aldehydes is 1. The van der Waals surface area contributed by atoms with Crippen LogP contribution in [0.4, 0.5) is 0 Å². The molecular weight excluding hydrogens is 170 g/mol. The van der Waals surface area contributed by atoms with Crippen molar-refractivity contribution in [1.29, 1.82) is 0 Å². The Hall–Kier alpha value is -0.300. The van der Waals surface area contributed by atoms with E-state index in [1.54, 1.807) is 0 Å². The highest BCUT2D eigenvalue weighted by Crippen LogP contribution is 1.79. The van der Waals surface area contributed by atoms with Crippen LogP contribution in [0.25, 0.3) is 0 Å². The van der Waals surface area contributed by atoms with Crippen molar-refractivity contribution in [2.75, 3.05) is 19.6 Å². The zero-order chi connectivity index (χ0) is 8.69. The number of methoxy groups -OCH3 is 1. The molecule has 2 atom stereocenters. The summed E-state index contributed by atoms with van der Waals surface area (Å²) in [6.45, 7) is 0.209. The second-order valence-electron chi connectivity index (χ2n) is 1.87. The van der Waals surface area contributed by atoms with Crippen LogP contribution in [0, 0.1) is 0 Å². The van der Waals surface area contributed by atoms with Gasteiger partial charge in [-0.15, -0.1) is 0 Å². The Morgan fingerprint density at radius 1 is 1.82 bits per heavy atom. The van der Waals surface area contributed by atoms with Crippen LogP contribution in [0.1, 0.15) is 0 Å². The van der Waals surface area contributed by atoms with Crippen molar-refractivity contribution >= 4 is 17.4 Å². The fraction of sp³-hybridized carbons (Fsp3) is 0.800. The van der Waals surface area contributed by atoms with E-state index in [1.165, 1.54) is 7.11 Å². The summed E-state index contributed by atoms with van der Waals surface area (Å²) in [4.78, 5) is 10.2. The van der Waals surface area contributed by atoms with Crippen LogP contribution in [0.15, 0.2) is 0 Å². The van der Waals surface area contributed by atoms with Crippen LogP contribution in [-0.4, -0.2) is 40.7 Å². The van der Waals surface area contributed by atoms with Crippen LogP contribution in [-0.2, 0) is 20.6 Å². The molecule has 0 saturated carbocycles. The molecule has 6 heteroatoms. The first-order chi connectivity index (χ1) is 5.20. The van der Waals surface area contributed by atoms with E-state index in [0.717, 1.165) is 0 Å². The summed E-state index contributed by atoms with van der Waals surface area (Å²) in [5.41, 5.74) is 0. The van der Waals surface area contributed by atoms with E-state index in [4.69, 9.17) is 4.55 Å². The summed E-state index contributed by atoms with van der Waals surface area (Å²) in [7, 11) is 1.45. The third kappa shape index (κ3) is 6.11. The minimum absolute atomic E-state index is 0.118. The summed E-state index contributed by atoms with van der Waals surface area (Å²) in [5, 5.41) is 2.53. The highest BCUT2D eigenvalue weighted by Gasteiger charge is 2.05. The average Bonchev–Trinajstić information content (AvgIpc) is 1.97. The van der Waals surface area contributed by atoms with Crippen LogP contribution >= 0.6 is 0 Å². The van der Waals surface area contributed by atoms with Gasteiger partial charge in [-0.25, -0.2) is 4.21 Å². The number of ether oxygens (including phenoxy) is 1. The van der Waals surface area contributed by atoms with Crippen molar-refractivity contribution in [2.24, 2.45) is 0 Å². The molecule has 11 heavy (non-hydrogen) atoms. The standard InChI is InChI=1S/C5H11NO4S/c1-10-3-5(2-7)6-4-11(8)9/h2,5-6H,3-4H2,1H3,(H,8,9). The monoisotopic (exact) mass is 181 g/mol. The Kier molecular flexibility index (Phi) is 6.24. The molecule has 5 nitrogen and oxygen atoms in total. The molecule has 0 aliphatic heterocycles. The van der Waals surface area contributed by atoms with Gasteiger partial charge < -0.3 is 14.1 Å². The first kappa shape index (κ1) is 10.7. The molecule has 0 aromatic heterocycles. The molecule has 0 aliphatic carbocycles. The number of hydrogen-bond acceptors (Lipinski definition) is 4. The number of carbonyl (C=O) groups is 1. The lowest BCUT2D eigenvalue weighted by Gasteiger charge is -2.08. The lowest BCUT2D eigenvalue weighted by Crippen LogP contribution is -2.36. The lowest BCUT2D eigenvalue weighted by atomic mass is 10.4. The van der Waals surface area contributed by atoms with Crippen molar-refractivity contribution in [3.8, 4) is 0 Å². The lowest BCUT2D eigenvalue weighted by molar-refractivity contribution is -0.110. The third-order valence-corrected chi connectivity index (χ3v) is 1.39. The number of nitrogens with one attached hydrogen (secondary N) is 1. The zero-order valence-electron chi connectivity index (χ0n) is 6.15. The molecule has 0 aromatic carbocycles. The van der Waals surface area contributed by atoms with Crippen LogP contribution < -0.4 is 5.32 Å². The predicted molar refractivity (Wildman–Crippen MR) is 40.5 cm³/mol. The SMILES string of the molecule is COCC(C=O)NCS(=O)O. The van der Waals surface area contributed by atoms with Crippen LogP contribution in [0.2, 0.25) is 0 Å². The Labute approximate surface area is 67.4 Å². The van der Waals surface area contributed by atoms with Crippen LogP contribution in [0.5, 0.6) is 0 Å². The van der Waals surface area contributed by atoms with Gasteiger partial charge in [-0.3, -0.25) is 5.32 Å². The fourth-order valence-electron chi connectivity index (χ4n) is 0.504. The second-order valence-corrected chi connectivity index (χ2v) is 2.80. The van der Waals surface area contributed by atoms with Crippen molar-refractivity contribution in [3.05, 3.63) is 0 Å². The normalized spacial score (nSPS) is 15.8. The Balaban J connectivity index is 3.51. The molecule has 2 unspecified atom stereocenters. The van der Waals surface area contributed by atoms with E-state index in [1.807, 2.05) is 0 Å². The number of rotatable bonds is 6. The van der Waals surface area contributed by atoms with Gasteiger partial charge in [0.1, 0.15) is 6.29 Å². The maximum Gasteiger partial charge on any atom is 0.167 e. The zero-order valence-corrected chi connectivity index (χ0v) is 6.97. The molecule has 0 aromatic rings. The molecule has 0 rings (SSSR count). The van der Waals surface area contributed by atoms with Gasteiger partial charge in [0.2, 0.25) is 0 Å².